The number of rotatable bonds is 5. The smallest absolute Gasteiger partial charge is 0.234 e. The van der Waals surface area contributed by atoms with Crippen molar-refractivity contribution in [3.8, 4) is 5.69 Å². The van der Waals surface area contributed by atoms with Crippen LogP contribution in [0.15, 0.2) is 60.0 Å². The summed E-state index contributed by atoms with van der Waals surface area (Å²) >= 11 is 1.37. The number of nitrogens with zero attached hydrogens (tertiary/aromatic N) is 3. The van der Waals surface area contributed by atoms with Gasteiger partial charge in [-0.3, -0.25) is 9.36 Å². The van der Waals surface area contributed by atoms with Crippen LogP contribution in [0.3, 0.4) is 0 Å². The van der Waals surface area contributed by atoms with Crippen molar-refractivity contribution in [1.82, 2.24) is 14.8 Å². The average Bonchev–Trinajstić information content (AvgIpc) is 3.08. The molecule has 27 heavy (non-hydrogen) atoms. The summed E-state index contributed by atoms with van der Waals surface area (Å²) in [6, 6.07) is 16.0. The number of thioether (sulfide) groups is 1. The van der Waals surface area contributed by atoms with Crippen LogP contribution in [0, 0.1) is 6.92 Å². The fourth-order valence-corrected chi connectivity index (χ4v) is 3.42. The summed E-state index contributed by atoms with van der Waals surface area (Å²) in [5.74, 6) is 0.203. The van der Waals surface area contributed by atoms with Crippen LogP contribution in [0.5, 0.6) is 0 Å². The highest BCUT2D eigenvalue weighted by atomic mass is 32.2. The summed E-state index contributed by atoms with van der Waals surface area (Å²) in [7, 11) is 0. The summed E-state index contributed by atoms with van der Waals surface area (Å²) in [6.45, 7) is 8.54. The first kappa shape index (κ1) is 19.2. The maximum Gasteiger partial charge on any atom is 0.234 e. The van der Waals surface area contributed by atoms with Crippen LogP contribution < -0.4 is 5.32 Å². The summed E-state index contributed by atoms with van der Waals surface area (Å²) < 4.78 is 1.91. The Morgan fingerprint density at radius 2 is 1.81 bits per heavy atom. The largest absolute Gasteiger partial charge is 0.325 e. The molecule has 0 spiro atoms. The van der Waals surface area contributed by atoms with E-state index in [9.17, 15) is 4.79 Å². The predicted octanol–water partition coefficient (Wildman–Crippen LogP) is 4.60. The third kappa shape index (κ3) is 4.77. The molecule has 1 N–H and O–H groups in total. The Morgan fingerprint density at radius 1 is 1.11 bits per heavy atom. The summed E-state index contributed by atoms with van der Waals surface area (Å²) in [5.41, 5.74) is 4.28. The lowest BCUT2D eigenvalue weighted by Gasteiger charge is -2.19. The quantitative estimate of drug-likeness (QED) is 0.657. The molecule has 0 aliphatic carbocycles. The van der Waals surface area contributed by atoms with E-state index in [1.165, 1.54) is 17.3 Å². The van der Waals surface area contributed by atoms with Crippen LogP contribution in [0.1, 0.15) is 31.9 Å². The highest BCUT2D eigenvalue weighted by Crippen LogP contribution is 2.24. The van der Waals surface area contributed by atoms with Crippen molar-refractivity contribution in [2.24, 2.45) is 0 Å². The maximum atomic E-state index is 12.3. The third-order valence-corrected chi connectivity index (χ3v) is 5.20. The first-order valence-electron chi connectivity index (χ1n) is 8.84. The van der Waals surface area contributed by atoms with Crippen molar-refractivity contribution < 1.29 is 4.79 Å². The third-order valence-electron chi connectivity index (χ3n) is 4.26. The molecule has 3 rings (SSSR count). The fourth-order valence-electron chi connectivity index (χ4n) is 2.70. The number of hydrogen-bond donors (Lipinski definition) is 1. The van der Waals surface area contributed by atoms with E-state index in [2.05, 4.69) is 48.4 Å². The van der Waals surface area contributed by atoms with E-state index in [1.54, 1.807) is 6.33 Å². The van der Waals surface area contributed by atoms with Crippen LogP contribution in [0.2, 0.25) is 0 Å². The number of benzene rings is 2. The Bertz CT molecular complexity index is 926. The minimum atomic E-state index is -0.0668. The van der Waals surface area contributed by atoms with Crippen molar-refractivity contribution in [1.29, 1.82) is 0 Å². The summed E-state index contributed by atoms with van der Waals surface area (Å²) in [4.78, 5) is 12.3. The molecule has 1 heterocycles. The van der Waals surface area contributed by atoms with Crippen LogP contribution >= 0.6 is 11.8 Å². The van der Waals surface area contributed by atoms with Crippen molar-refractivity contribution in [3.63, 3.8) is 0 Å². The van der Waals surface area contributed by atoms with Gasteiger partial charge < -0.3 is 5.32 Å². The monoisotopic (exact) mass is 380 g/mol. The molecular formula is C21H24N4OS. The van der Waals surface area contributed by atoms with Crippen LogP contribution in [0.4, 0.5) is 5.69 Å². The number of aromatic nitrogens is 3. The van der Waals surface area contributed by atoms with E-state index in [0.29, 0.717) is 5.16 Å². The van der Waals surface area contributed by atoms with E-state index in [1.807, 2.05) is 47.9 Å². The van der Waals surface area contributed by atoms with Crippen molar-refractivity contribution >= 4 is 23.4 Å². The van der Waals surface area contributed by atoms with E-state index in [-0.39, 0.29) is 17.1 Å². The minimum Gasteiger partial charge on any atom is -0.325 e. The normalized spacial score (nSPS) is 11.4. The maximum absolute atomic E-state index is 12.3. The molecule has 0 bridgehead atoms. The molecule has 1 amide bonds. The lowest BCUT2D eigenvalue weighted by molar-refractivity contribution is -0.113. The molecule has 5 nitrogen and oxygen atoms in total. The molecule has 1 aromatic heterocycles. The number of hydrogen-bond acceptors (Lipinski definition) is 4. The Hall–Kier alpha value is -2.60. The van der Waals surface area contributed by atoms with Crippen LogP contribution in [-0.4, -0.2) is 26.4 Å². The van der Waals surface area contributed by atoms with Crippen molar-refractivity contribution in [2.75, 3.05) is 11.1 Å². The van der Waals surface area contributed by atoms with Gasteiger partial charge in [0.05, 0.1) is 11.4 Å². The molecule has 0 fully saturated rings. The highest BCUT2D eigenvalue weighted by Gasteiger charge is 2.14. The molecule has 2 aromatic carbocycles. The predicted molar refractivity (Wildman–Crippen MR) is 111 cm³/mol. The lowest BCUT2D eigenvalue weighted by atomic mass is 9.87. The second-order valence-corrected chi connectivity index (χ2v) is 8.38. The molecule has 0 unspecified atom stereocenters. The van der Waals surface area contributed by atoms with Gasteiger partial charge in [-0.1, -0.05) is 62.9 Å². The molecule has 0 aliphatic heterocycles. The van der Waals surface area contributed by atoms with Gasteiger partial charge in [0, 0.05) is 5.69 Å². The van der Waals surface area contributed by atoms with Gasteiger partial charge in [0.25, 0.3) is 0 Å². The van der Waals surface area contributed by atoms with Gasteiger partial charge in [-0.25, -0.2) is 0 Å². The standard InChI is InChI=1S/C21H24N4OS/c1-15-7-5-6-8-18(15)25-14-22-24-20(25)27-13-19(26)23-17-11-9-16(10-12-17)21(2,3)4/h5-12,14H,13H2,1-4H3,(H,23,26). The number of amides is 1. The van der Waals surface area contributed by atoms with Crippen molar-refractivity contribution in [2.45, 2.75) is 38.3 Å². The van der Waals surface area contributed by atoms with Gasteiger partial charge in [0.2, 0.25) is 5.91 Å². The summed E-state index contributed by atoms with van der Waals surface area (Å²) in [5, 5.41) is 11.8. The van der Waals surface area contributed by atoms with E-state index < -0.39 is 0 Å². The molecule has 0 aliphatic rings. The number of anilines is 1. The lowest BCUT2D eigenvalue weighted by Crippen LogP contribution is -2.15. The highest BCUT2D eigenvalue weighted by molar-refractivity contribution is 7.99. The summed E-state index contributed by atoms with van der Waals surface area (Å²) in [6.07, 6.45) is 1.67. The Labute approximate surface area is 164 Å². The molecule has 0 radical (unpaired) electrons. The fraction of sp³-hybridized carbons (Fsp3) is 0.286. The average molecular weight is 381 g/mol. The molecule has 0 saturated carbocycles. The van der Waals surface area contributed by atoms with Gasteiger partial charge >= 0.3 is 0 Å². The van der Waals surface area contributed by atoms with E-state index in [0.717, 1.165) is 16.9 Å². The van der Waals surface area contributed by atoms with Gasteiger partial charge in [0.15, 0.2) is 5.16 Å². The zero-order valence-corrected chi connectivity index (χ0v) is 16.9. The Balaban J connectivity index is 1.62. The SMILES string of the molecule is Cc1ccccc1-n1cnnc1SCC(=O)Nc1ccc(C(C)(C)C)cc1. The van der Waals surface area contributed by atoms with Crippen LogP contribution in [0.25, 0.3) is 5.69 Å². The van der Waals surface area contributed by atoms with Gasteiger partial charge in [-0.2, -0.15) is 0 Å². The topological polar surface area (TPSA) is 59.8 Å². The second kappa shape index (κ2) is 7.96. The zero-order valence-electron chi connectivity index (χ0n) is 16.1. The van der Waals surface area contributed by atoms with E-state index in [4.69, 9.17) is 0 Å². The Morgan fingerprint density at radius 3 is 2.48 bits per heavy atom. The molecule has 0 atom stereocenters. The van der Waals surface area contributed by atoms with E-state index >= 15 is 0 Å². The number of aryl methyl sites for hydroxylation is 1. The molecule has 6 heteroatoms. The number of carbonyl (C=O) groups excluding carboxylic acids is 1. The molecule has 0 saturated heterocycles. The molecule has 3 aromatic rings. The number of para-hydroxylation sites is 1. The zero-order chi connectivity index (χ0) is 19.4. The van der Waals surface area contributed by atoms with Gasteiger partial charge in [-0.15, -0.1) is 10.2 Å². The van der Waals surface area contributed by atoms with Gasteiger partial charge in [0.1, 0.15) is 6.33 Å². The number of nitrogens with one attached hydrogen (secondary N) is 1. The Kier molecular flexibility index (Phi) is 5.65. The number of carbonyl (C=O) groups is 1. The first-order chi connectivity index (χ1) is 12.8. The van der Waals surface area contributed by atoms with Crippen LogP contribution in [-0.2, 0) is 10.2 Å². The van der Waals surface area contributed by atoms with Gasteiger partial charge in [-0.05, 0) is 41.7 Å². The van der Waals surface area contributed by atoms with Crippen molar-refractivity contribution in [3.05, 3.63) is 66.0 Å². The molecular weight excluding hydrogens is 356 g/mol. The molecule has 140 valence electrons. The minimum absolute atomic E-state index is 0.0668. The first-order valence-corrected chi connectivity index (χ1v) is 9.82. The second-order valence-electron chi connectivity index (χ2n) is 7.43.